The van der Waals surface area contributed by atoms with E-state index < -0.39 is 11.5 Å². The Balaban J connectivity index is 2.20. The van der Waals surface area contributed by atoms with Gasteiger partial charge in [-0.05, 0) is 37.5 Å². The lowest BCUT2D eigenvalue weighted by molar-refractivity contribution is -0.143. The summed E-state index contributed by atoms with van der Waals surface area (Å²) in [6.45, 7) is 3.28. The van der Waals surface area contributed by atoms with Crippen LogP contribution >= 0.6 is 0 Å². The van der Waals surface area contributed by atoms with Gasteiger partial charge in [-0.2, -0.15) is 0 Å². The zero-order chi connectivity index (χ0) is 12.5. The molecule has 4 nitrogen and oxygen atoms in total. The Hall–Kier alpha value is -1.55. The SMILES string of the molecule is Cc1cccc(N2CCCC(N)(C(=O)O)C2)c1. The number of piperidine rings is 1. The minimum Gasteiger partial charge on any atom is -0.480 e. The molecular weight excluding hydrogens is 216 g/mol. The van der Waals surface area contributed by atoms with Gasteiger partial charge in [0.15, 0.2) is 0 Å². The molecule has 17 heavy (non-hydrogen) atoms. The third-order valence-electron chi connectivity index (χ3n) is 3.32. The summed E-state index contributed by atoms with van der Waals surface area (Å²) in [5, 5.41) is 9.17. The Kier molecular flexibility index (Phi) is 3.07. The molecule has 0 radical (unpaired) electrons. The molecule has 4 heteroatoms. The van der Waals surface area contributed by atoms with Crippen LogP contribution in [0.5, 0.6) is 0 Å². The zero-order valence-corrected chi connectivity index (χ0v) is 10.0. The van der Waals surface area contributed by atoms with Gasteiger partial charge in [0, 0.05) is 18.8 Å². The highest BCUT2D eigenvalue weighted by molar-refractivity contribution is 5.80. The van der Waals surface area contributed by atoms with E-state index in [0.29, 0.717) is 13.0 Å². The van der Waals surface area contributed by atoms with Crippen LogP contribution in [0.25, 0.3) is 0 Å². The van der Waals surface area contributed by atoms with E-state index in [9.17, 15) is 4.79 Å². The second-order valence-corrected chi connectivity index (χ2v) is 4.83. The van der Waals surface area contributed by atoms with Crippen molar-refractivity contribution in [1.82, 2.24) is 0 Å². The molecule has 0 aromatic heterocycles. The summed E-state index contributed by atoms with van der Waals surface area (Å²) in [6, 6.07) is 8.08. The third kappa shape index (κ3) is 2.42. The lowest BCUT2D eigenvalue weighted by Crippen LogP contribution is -2.59. The van der Waals surface area contributed by atoms with Crippen molar-refractivity contribution >= 4 is 11.7 Å². The van der Waals surface area contributed by atoms with E-state index in [0.717, 1.165) is 18.7 Å². The Bertz CT molecular complexity index is 433. The number of carbonyl (C=O) groups is 1. The van der Waals surface area contributed by atoms with Crippen molar-refractivity contribution in [2.75, 3.05) is 18.0 Å². The summed E-state index contributed by atoms with van der Waals surface area (Å²) in [5.41, 5.74) is 7.05. The maximum absolute atomic E-state index is 11.2. The van der Waals surface area contributed by atoms with Crippen molar-refractivity contribution in [1.29, 1.82) is 0 Å². The number of carboxylic acid groups (broad SMARTS) is 1. The molecule has 1 fully saturated rings. The first-order valence-corrected chi connectivity index (χ1v) is 5.85. The van der Waals surface area contributed by atoms with Crippen molar-refractivity contribution in [2.45, 2.75) is 25.3 Å². The van der Waals surface area contributed by atoms with Crippen molar-refractivity contribution in [2.24, 2.45) is 5.73 Å². The van der Waals surface area contributed by atoms with Crippen LogP contribution in [0.3, 0.4) is 0 Å². The number of aliphatic carboxylic acids is 1. The highest BCUT2D eigenvalue weighted by Gasteiger charge is 2.38. The number of benzene rings is 1. The van der Waals surface area contributed by atoms with E-state index in [-0.39, 0.29) is 0 Å². The van der Waals surface area contributed by atoms with Crippen LogP contribution in [-0.4, -0.2) is 29.7 Å². The van der Waals surface area contributed by atoms with Crippen LogP contribution in [-0.2, 0) is 4.79 Å². The molecule has 0 amide bonds. The van der Waals surface area contributed by atoms with Gasteiger partial charge in [-0.3, -0.25) is 4.79 Å². The Labute approximate surface area is 101 Å². The number of carboxylic acids is 1. The number of anilines is 1. The highest BCUT2D eigenvalue weighted by Crippen LogP contribution is 2.25. The molecule has 0 saturated carbocycles. The van der Waals surface area contributed by atoms with E-state index >= 15 is 0 Å². The van der Waals surface area contributed by atoms with Gasteiger partial charge in [0.1, 0.15) is 5.54 Å². The number of nitrogens with zero attached hydrogens (tertiary/aromatic N) is 1. The van der Waals surface area contributed by atoms with E-state index in [1.165, 1.54) is 5.56 Å². The smallest absolute Gasteiger partial charge is 0.325 e. The molecule has 1 aliphatic heterocycles. The fourth-order valence-electron chi connectivity index (χ4n) is 2.30. The van der Waals surface area contributed by atoms with Crippen LogP contribution in [0.2, 0.25) is 0 Å². The van der Waals surface area contributed by atoms with Gasteiger partial charge in [0.25, 0.3) is 0 Å². The summed E-state index contributed by atoms with van der Waals surface area (Å²) < 4.78 is 0. The fourth-order valence-corrected chi connectivity index (χ4v) is 2.30. The minimum absolute atomic E-state index is 0.381. The molecule has 1 aromatic rings. The van der Waals surface area contributed by atoms with Crippen LogP contribution in [0.15, 0.2) is 24.3 Å². The van der Waals surface area contributed by atoms with E-state index in [2.05, 4.69) is 11.0 Å². The molecule has 3 N–H and O–H groups in total. The molecule has 1 aromatic carbocycles. The zero-order valence-electron chi connectivity index (χ0n) is 10.0. The molecule has 1 heterocycles. The predicted octanol–water partition coefficient (Wildman–Crippen LogP) is 1.38. The maximum Gasteiger partial charge on any atom is 0.325 e. The van der Waals surface area contributed by atoms with E-state index in [1.54, 1.807) is 0 Å². The average molecular weight is 234 g/mol. The lowest BCUT2D eigenvalue weighted by atomic mass is 9.90. The largest absolute Gasteiger partial charge is 0.480 e. The van der Waals surface area contributed by atoms with Gasteiger partial charge in [-0.1, -0.05) is 12.1 Å². The van der Waals surface area contributed by atoms with Gasteiger partial charge in [0.2, 0.25) is 0 Å². The molecule has 0 aliphatic carbocycles. The molecule has 92 valence electrons. The first-order chi connectivity index (χ1) is 8.01. The first-order valence-electron chi connectivity index (χ1n) is 5.85. The molecule has 1 unspecified atom stereocenters. The standard InChI is InChI=1S/C13H18N2O2/c1-10-4-2-5-11(8-10)15-7-3-6-13(14,9-15)12(16)17/h2,4-5,8H,3,6-7,9,14H2,1H3,(H,16,17). The Morgan fingerprint density at radius 1 is 1.53 bits per heavy atom. The van der Waals surface area contributed by atoms with Crippen LogP contribution in [0.1, 0.15) is 18.4 Å². The topological polar surface area (TPSA) is 66.6 Å². The third-order valence-corrected chi connectivity index (χ3v) is 3.32. The van der Waals surface area contributed by atoms with Gasteiger partial charge >= 0.3 is 5.97 Å². The monoisotopic (exact) mass is 234 g/mol. The van der Waals surface area contributed by atoms with Gasteiger partial charge in [0.05, 0.1) is 0 Å². The summed E-state index contributed by atoms with van der Waals surface area (Å²) in [6.07, 6.45) is 1.36. The number of rotatable bonds is 2. The lowest BCUT2D eigenvalue weighted by Gasteiger charge is -2.38. The second kappa shape index (κ2) is 4.37. The van der Waals surface area contributed by atoms with Crippen molar-refractivity contribution in [3.05, 3.63) is 29.8 Å². The predicted molar refractivity (Wildman–Crippen MR) is 67.2 cm³/mol. The summed E-state index contributed by atoms with van der Waals surface area (Å²) >= 11 is 0. The maximum atomic E-state index is 11.2. The normalized spacial score (nSPS) is 24.7. The number of aryl methyl sites for hydroxylation is 1. The van der Waals surface area contributed by atoms with Crippen LogP contribution in [0.4, 0.5) is 5.69 Å². The van der Waals surface area contributed by atoms with Crippen LogP contribution < -0.4 is 10.6 Å². The van der Waals surface area contributed by atoms with Crippen molar-refractivity contribution < 1.29 is 9.90 Å². The Morgan fingerprint density at radius 3 is 2.94 bits per heavy atom. The second-order valence-electron chi connectivity index (χ2n) is 4.83. The molecular formula is C13H18N2O2. The molecule has 1 aliphatic rings. The minimum atomic E-state index is -1.11. The van der Waals surface area contributed by atoms with Gasteiger partial charge in [-0.25, -0.2) is 0 Å². The summed E-state index contributed by atoms with van der Waals surface area (Å²) in [7, 11) is 0. The number of nitrogens with two attached hydrogens (primary N) is 1. The van der Waals surface area contributed by atoms with Crippen molar-refractivity contribution in [3.63, 3.8) is 0 Å². The van der Waals surface area contributed by atoms with E-state index in [1.807, 2.05) is 25.1 Å². The average Bonchev–Trinajstić information content (AvgIpc) is 2.29. The Morgan fingerprint density at radius 2 is 2.29 bits per heavy atom. The van der Waals surface area contributed by atoms with Crippen LogP contribution in [0, 0.1) is 6.92 Å². The summed E-state index contributed by atoms with van der Waals surface area (Å²) in [5.74, 6) is -0.908. The molecule has 1 atom stereocenters. The molecule has 1 saturated heterocycles. The highest BCUT2D eigenvalue weighted by atomic mass is 16.4. The number of hydrogen-bond donors (Lipinski definition) is 2. The van der Waals surface area contributed by atoms with Crippen molar-refractivity contribution in [3.8, 4) is 0 Å². The number of hydrogen-bond acceptors (Lipinski definition) is 3. The van der Waals surface area contributed by atoms with Gasteiger partial charge < -0.3 is 15.7 Å². The molecule has 0 bridgehead atoms. The molecule has 0 spiro atoms. The fraction of sp³-hybridized carbons (Fsp3) is 0.462. The molecule has 2 rings (SSSR count). The van der Waals surface area contributed by atoms with E-state index in [4.69, 9.17) is 10.8 Å². The summed E-state index contributed by atoms with van der Waals surface area (Å²) in [4.78, 5) is 13.2. The first kappa shape index (κ1) is 11.9. The van der Waals surface area contributed by atoms with Gasteiger partial charge in [-0.15, -0.1) is 0 Å². The quantitative estimate of drug-likeness (QED) is 0.811.